The van der Waals surface area contributed by atoms with E-state index in [2.05, 4.69) is 36.3 Å². The zero-order valence-corrected chi connectivity index (χ0v) is 13.1. The van der Waals surface area contributed by atoms with Gasteiger partial charge in [-0.1, -0.05) is 32.8 Å². The van der Waals surface area contributed by atoms with Gasteiger partial charge in [0.05, 0.1) is 24.4 Å². The molecule has 1 aromatic heterocycles. The molecule has 1 heterocycles. The van der Waals surface area contributed by atoms with Crippen molar-refractivity contribution in [3.05, 3.63) is 18.2 Å². The summed E-state index contributed by atoms with van der Waals surface area (Å²) in [5.74, 6) is 1.84. The fourth-order valence-electron chi connectivity index (χ4n) is 2.77. The van der Waals surface area contributed by atoms with E-state index >= 15 is 0 Å². The highest BCUT2D eigenvalue weighted by atomic mass is 16.5. The van der Waals surface area contributed by atoms with Gasteiger partial charge in [-0.05, 0) is 35.4 Å². The Hall–Kier alpha value is -2.11. The summed E-state index contributed by atoms with van der Waals surface area (Å²) in [7, 11) is 1.60. The first-order chi connectivity index (χ1) is 10.1. The van der Waals surface area contributed by atoms with Crippen molar-refractivity contribution in [1.29, 1.82) is 0 Å². The minimum atomic E-state index is 0.219. The van der Waals surface area contributed by atoms with Gasteiger partial charge in [0.25, 0.3) is 0 Å². The number of rotatable bonds is 6. The van der Waals surface area contributed by atoms with Gasteiger partial charge in [0.1, 0.15) is 0 Å². The number of para-hydroxylation sites is 1. The largest absolute Gasteiger partial charge is 0.494 e. The third kappa shape index (κ3) is 2.84. The molecular formula is C15H23N5O. The maximum absolute atomic E-state index is 5.97. The van der Waals surface area contributed by atoms with Crippen molar-refractivity contribution in [3.8, 4) is 17.1 Å². The van der Waals surface area contributed by atoms with Crippen LogP contribution in [0, 0.1) is 5.92 Å². The summed E-state index contributed by atoms with van der Waals surface area (Å²) < 4.78 is 7.28. The van der Waals surface area contributed by atoms with E-state index in [4.69, 9.17) is 10.5 Å². The van der Waals surface area contributed by atoms with Gasteiger partial charge in [-0.3, -0.25) is 0 Å². The SMILES string of the molecule is CCC(CC)C(C)n1nnnc1-c1cccc(N)c1OC. The molecule has 1 atom stereocenters. The lowest BCUT2D eigenvalue weighted by Crippen LogP contribution is -2.18. The highest BCUT2D eigenvalue weighted by molar-refractivity contribution is 5.73. The number of benzene rings is 1. The molecule has 1 aromatic carbocycles. The number of methoxy groups -OCH3 is 1. The summed E-state index contributed by atoms with van der Waals surface area (Å²) in [5.41, 5.74) is 7.38. The Morgan fingerprint density at radius 2 is 2.00 bits per heavy atom. The van der Waals surface area contributed by atoms with Gasteiger partial charge in [0.2, 0.25) is 0 Å². The third-order valence-corrected chi connectivity index (χ3v) is 4.10. The number of hydrogen-bond acceptors (Lipinski definition) is 5. The van der Waals surface area contributed by atoms with Gasteiger partial charge in [0, 0.05) is 0 Å². The predicted molar refractivity (Wildman–Crippen MR) is 83.0 cm³/mol. The van der Waals surface area contributed by atoms with Crippen LogP contribution in [0.1, 0.15) is 39.7 Å². The molecule has 0 aliphatic carbocycles. The van der Waals surface area contributed by atoms with E-state index in [9.17, 15) is 0 Å². The van der Waals surface area contributed by atoms with Crippen LogP contribution in [0.3, 0.4) is 0 Å². The fraction of sp³-hybridized carbons (Fsp3) is 0.533. The first-order valence-electron chi connectivity index (χ1n) is 7.34. The number of nitrogen functional groups attached to an aromatic ring is 1. The lowest BCUT2D eigenvalue weighted by Gasteiger charge is -2.22. The van der Waals surface area contributed by atoms with Gasteiger partial charge in [0.15, 0.2) is 11.6 Å². The summed E-state index contributed by atoms with van der Waals surface area (Å²) >= 11 is 0. The lowest BCUT2D eigenvalue weighted by atomic mass is 9.95. The number of tetrazole rings is 1. The van der Waals surface area contributed by atoms with Gasteiger partial charge in [-0.15, -0.1) is 5.10 Å². The molecular weight excluding hydrogens is 266 g/mol. The minimum absolute atomic E-state index is 0.219. The quantitative estimate of drug-likeness (QED) is 0.827. The molecule has 2 aromatic rings. The average molecular weight is 289 g/mol. The van der Waals surface area contributed by atoms with Crippen molar-refractivity contribution in [2.45, 2.75) is 39.7 Å². The standard InChI is InChI=1S/C15H23N5O/c1-5-11(6-2)10(3)20-15(17-18-19-20)12-8-7-9-13(16)14(12)21-4/h7-11H,5-6,16H2,1-4H3. The van der Waals surface area contributed by atoms with Crippen molar-refractivity contribution in [1.82, 2.24) is 20.2 Å². The van der Waals surface area contributed by atoms with Gasteiger partial charge >= 0.3 is 0 Å². The summed E-state index contributed by atoms with van der Waals surface area (Å²) in [6.07, 6.45) is 2.18. The van der Waals surface area contributed by atoms with Crippen LogP contribution >= 0.6 is 0 Å². The number of ether oxygens (including phenoxy) is 1. The Morgan fingerprint density at radius 3 is 2.62 bits per heavy atom. The molecule has 2 N–H and O–H groups in total. The summed E-state index contributed by atoms with van der Waals surface area (Å²) in [6.45, 7) is 6.53. The van der Waals surface area contributed by atoms with E-state index in [1.54, 1.807) is 13.2 Å². The predicted octanol–water partition coefficient (Wildman–Crippen LogP) is 2.93. The molecule has 1 unspecified atom stereocenters. The van der Waals surface area contributed by atoms with Crippen LogP contribution in [0.2, 0.25) is 0 Å². The van der Waals surface area contributed by atoms with Crippen LogP contribution in [0.15, 0.2) is 18.2 Å². The summed E-state index contributed by atoms with van der Waals surface area (Å²) in [6, 6.07) is 5.84. The number of anilines is 1. The van der Waals surface area contributed by atoms with E-state index in [0.717, 1.165) is 18.4 Å². The highest BCUT2D eigenvalue weighted by Crippen LogP contribution is 2.35. The van der Waals surface area contributed by atoms with Crippen molar-refractivity contribution in [2.75, 3.05) is 12.8 Å². The zero-order valence-electron chi connectivity index (χ0n) is 13.1. The van der Waals surface area contributed by atoms with Crippen LogP contribution in [-0.2, 0) is 0 Å². The van der Waals surface area contributed by atoms with Gasteiger partial charge in [-0.25, -0.2) is 4.68 Å². The Labute approximate surface area is 125 Å². The van der Waals surface area contributed by atoms with E-state index in [-0.39, 0.29) is 6.04 Å². The number of hydrogen-bond donors (Lipinski definition) is 1. The van der Waals surface area contributed by atoms with Crippen LogP contribution in [0.25, 0.3) is 11.4 Å². The molecule has 0 saturated carbocycles. The molecule has 0 radical (unpaired) electrons. The summed E-state index contributed by atoms with van der Waals surface area (Å²) in [4.78, 5) is 0. The molecule has 0 spiro atoms. The normalized spacial score (nSPS) is 12.6. The topological polar surface area (TPSA) is 78.9 Å². The van der Waals surface area contributed by atoms with Gasteiger partial charge in [-0.2, -0.15) is 0 Å². The van der Waals surface area contributed by atoms with Crippen molar-refractivity contribution < 1.29 is 4.74 Å². The van der Waals surface area contributed by atoms with Crippen LogP contribution < -0.4 is 10.5 Å². The number of aromatic nitrogens is 4. The molecule has 0 fully saturated rings. The Bertz CT molecular complexity index is 591. The molecule has 21 heavy (non-hydrogen) atoms. The molecule has 2 rings (SSSR count). The van der Waals surface area contributed by atoms with Gasteiger partial charge < -0.3 is 10.5 Å². The monoisotopic (exact) mass is 289 g/mol. The Morgan fingerprint density at radius 1 is 1.29 bits per heavy atom. The molecule has 0 aliphatic rings. The second-order valence-corrected chi connectivity index (χ2v) is 5.19. The molecule has 0 bridgehead atoms. The van der Waals surface area contributed by atoms with E-state index in [0.29, 0.717) is 23.2 Å². The van der Waals surface area contributed by atoms with Crippen molar-refractivity contribution in [3.63, 3.8) is 0 Å². The van der Waals surface area contributed by atoms with Crippen molar-refractivity contribution >= 4 is 5.69 Å². The smallest absolute Gasteiger partial charge is 0.186 e. The minimum Gasteiger partial charge on any atom is -0.494 e. The Kier molecular flexibility index (Phi) is 4.77. The fourth-order valence-corrected chi connectivity index (χ4v) is 2.77. The first kappa shape index (κ1) is 15.3. The molecule has 6 heteroatoms. The first-order valence-corrected chi connectivity index (χ1v) is 7.34. The molecule has 0 amide bonds. The number of nitrogens with two attached hydrogens (primary N) is 1. The van der Waals surface area contributed by atoms with E-state index in [1.807, 2.05) is 16.8 Å². The average Bonchev–Trinajstić information content (AvgIpc) is 2.97. The van der Waals surface area contributed by atoms with E-state index in [1.165, 1.54) is 0 Å². The molecule has 0 saturated heterocycles. The maximum atomic E-state index is 5.97. The summed E-state index contributed by atoms with van der Waals surface area (Å²) in [5, 5.41) is 12.2. The van der Waals surface area contributed by atoms with Crippen LogP contribution in [0.4, 0.5) is 5.69 Å². The second kappa shape index (κ2) is 6.56. The van der Waals surface area contributed by atoms with Crippen LogP contribution in [-0.4, -0.2) is 27.3 Å². The second-order valence-electron chi connectivity index (χ2n) is 5.19. The highest BCUT2D eigenvalue weighted by Gasteiger charge is 2.23. The molecule has 114 valence electrons. The third-order valence-electron chi connectivity index (χ3n) is 4.10. The zero-order chi connectivity index (χ0) is 15.4. The lowest BCUT2D eigenvalue weighted by molar-refractivity contribution is 0.308. The van der Waals surface area contributed by atoms with E-state index < -0.39 is 0 Å². The maximum Gasteiger partial charge on any atom is 0.186 e. The Balaban J connectivity index is 2.48. The molecule has 0 aliphatic heterocycles. The van der Waals surface area contributed by atoms with Crippen LogP contribution in [0.5, 0.6) is 5.75 Å². The number of nitrogens with zero attached hydrogens (tertiary/aromatic N) is 4. The van der Waals surface area contributed by atoms with Crippen molar-refractivity contribution in [2.24, 2.45) is 5.92 Å². The molecule has 6 nitrogen and oxygen atoms in total.